The van der Waals surface area contributed by atoms with Crippen molar-refractivity contribution in [2.24, 2.45) is 0 Å². The van der Waals surface area contributed by atoms with Crippen molar-refractivity contribution in [1.82, 2.24) is 24.9 Å². The molecule has 4 rings (SSSR count). The van der Waals surface area contributed by atoms with Gasteiger partial charge in [-0.15, -0.1) is 0 Å². The lowest BCUT2D eigenvalue weighted by Crippen LogP contribution is -2.51. The highest BCUT2D eigenvalue weighted by atomic mass is 28.4. The number of hydrogen-bond donors (Lipinski definition) is 2. The minimum Gasteiger partial charge on any atom is -0.491 e. The molecule has 2 aromatic heterocycles. The van der Waals surface area contributed by atoms with Crippen molar-refractivity contribution in [3.8, 4) is 28.4 Å². The van der Waals surface area contributed by atoms with E-state index in [9.17, 15) is 14.7 Å². The topological polar surface area (TPSA) is 162 Å². The Hall–Kier alpha value is -4.21. The number of carboxylic acid groups (broad SMARTS) is 1. The minimum atomic E-state index is -2.25. The maximum absolute atomic E-state index is 12.9. The minimum absolute atomic E-state index is 0.0565. The highest BCUT2D eigenvalue weighted by Gasteiger charge is 2.40. The number of nitrogens with zero attached hydrogens (tertiary/aromatic N) is 5. The van der Waals surface area contributed by atoms with Gasteiger partial charge in [0.25, 0.3) is 0 Å². The molecule has 1 aliphatic rings. The van der Waals surface area contributed by atoms with Gasteiger partial charge in [-0.2, -0.15) is 0 Å². The molecule has 3 aromatic rings. The number of rotatable bonds is 12. The average molecular weight is 741 g/mol. The normalized spacial score (nSPS) is 16.0. The molecule has 2 atom stereocenters. The molecule has 1 aliphatic heterocycles. The summed E-state index contributed by atoms with van der Waals surface area (Å²) in [4.78, 5) is 37.6. The highest BCUT2D eigenvalue weighted by Crippen LogP contribution is 2.38. The summed E-state index contributed by atoms with van der Waals surface area (Å²) in [6.45, 7) is 23.7. The SMILES string of the molecule is Cc1noc(C)c1-c1nc(-c2cccc(OCC(CN(C)C(=O)OC(C)(C)C)O[Si](C)(C)C(C)(C)C)c2)nc(NCC2COCCN2C(=O)O)c1C. The van der Waals surface area contributed by atoms with E-state index < -0.39 is 32.2 Å². The van der Waals surface area contributed by atoms with E-state index in [1.807, 2.05) is 65.8 Å². The van der Waals surface area contributed by atoms with Gasteiger partial charge in [0.05, 0.1) is 48.9 Å². The number of carbonyl (C=O) groups is 2. The van der Waals surface area contributed by atoms with Crippen LogP contribution >= 0.6 is 0 Å². The maximum Gasteiger partial charge on any atom is 0.410 e. The maximum atomic E-state index is 12.9. The first-order valence-electron chi connectivity index (χ1n) is 17.6. The summed E-state index contributed by atoms with van der Waals surface area (Å²) in [7, 11) is -0.543. The molecule has 0 saturated carbocycles. The number of amides is 2. The van der Waals surface area contributed by atoms with Crippen LogP contribution in [0.4, 0.5) is 15.4 Å². The van der Waals surface area contributed by atoms with Gasteiger partial charge in [0.15, 0.2) is 14.1 Å². The molecule has 14 nitrogen and oxygen atoms in total. The average Bonchev–Trinajstić information content (AvgIpc) is 3.38. The van der Waals surface area contributed by atoms with E-state index in [2.05, 4.69) is 44.3 Å². The second-order valence-electron chi connectivity index (χ2n) is 15.9. The van der Waals surface area contributed by atoms with Gasteiger partial charge in [0.1, 0.15) is 29.5 Å². The molecule has 1 saturated heterocycles. The number of hydrogen-bond acceptors (Lipinski definition) is 11. The lowest BCUT2D eigenvalue weighted by Gasteiger charge is -2.40. The number of morpholine rings is 1. The fourth-order valence-electron chi connectivity index (χ4n) is 5.52. The fraction of sp³-hybridized carbons (Fsp3) is 0.595. The summed E-state index contributed by atoms with van der Waals surface area (Å²) >= 11 is 0. The molecule has 2 N–H and O–H groups in total. The Labute approximate surface area is 308 Å². The van der Waals surface area contributed by atoms with Gasteiger partial charge in [0.2, 0.25) is 0 Å². The van der Waals surface area contributed by atoms with Gasteiger partial charge in [-0.05, 0) is 71.8 Å². The van der Waals surface area contributed by atoms with E-state index in [0.717, 1.165) is 11.1 Å². The molecule has 1 aromatic carbocycles. The summed E-state index contributed by atoms with van der Waals surface area (Å²) in [6, 6.07) is 7.11. The molecule has 1 fully saturated rings. The fourth-order valence-corrected chi connectivity index (χ4v) is 6.85. The predicted molar refractivity (Wildman–Crippen MR) is 201 cm³/mol. The molecule has 0 aliphatic carbocycles. The number of carbonyl (C=O) groups excluding carboxylic acids is 1. The first-order chi connectivity index (χ1) is 24.2. The summed E-state index contributed by atoms with van der Waals surface area (Å²) < 4.78 is 29.8. The van der Waals surface area contributed by atoms with Crippen LogP contribution in [0.25, 0.3) is 22.6 Å². The second-order valence-corrected chi connectivity index (χ2v) is 20.6. The molecule has 2 amide bonds. The number of anilines is 1. The molecule has 2 unspecified atom stereocenters. The Morgan fingerprint density at radius 2 is 1.85 bits per heavy atom. The van der Waals surface area contributed by atoms with Gasteiger partial charge in [0, 0.05) is 31.3 Å². The highest BCUT2D eigenvalue weighted by molar-refractivity contribution is 6.74. The van der Waals surface area contributed by atoms with Crippen LogP contribution < -0.4 is 10.1 Å². The van der Waals surface area contributed by atoms with E-state index in [1.165, 1.54) is 9.80 Å². The van der Waals surface area contributed by atoms with Crippen LogP contribution in [0, 0.1) is 20.8 Å². The quantitative estimate of drug-likeness (QED) is 0.181. The molecular formula is C37H56N6O8Si. The molecule has 286 valence electrons. The van der Waals surface area contributed by atoms with Crippen molar-refractivity contribution in [1.29, 1.82) is 0 Å². The number of likely N-dealkylation sites (N-methyl/N-ethyl adjacent to an activating group) is 1. The standard InChI is InChI=1S/C37H56N6O8Si/c1-23-31(30-24(2)41-50-25(30)3)39-33(40-32(23)38-19-27-21-47-17-16-43(27)34(44)45)26-14-13-15-28(18-26)48-22-29(51-52(11,12)37(7,8)9)20-42(10)35(46)49-36(4,5)6/h13-15,18,27,29H,16-17,19-22H2,1-12H3,(H,44,45)(H,38,39,40). The van der Waals surface area contributed by atoms with E-state index in [1.54, 1.807) is 7.05 Å². The number of aromatic nitrogens is 3. The summed E-state index contributed by atoms with van der Waals surface area (Å²) in [5.74, 6) is 2.18. The van der Waals surface area contributed by atoms with Gasteiger partial charge < -0.3 is 38.5 Å². The van der Waals surface area contributed by atoms with Crippen LogP contribution in [0.15, 0.2) is 28.8 Å². The zero-order chi connectivity index (χ0) is 38.6. The molecule has 0 spiro atoms. The predicted octanol–water partition coefficient (Wildman–Crippen LogP) is 7.15. The van der Waals surface area contributed by atoms with Gasteiger partial charge >= 0.3 is 12.2 Å². The van der Waals surface area contributed by atoms with Gasteiger partial charge in [-0.1, -0.05) is 38.1 Å². The largest absolute Gasteiger partial charge is 0.491 e. The molecule has 15 heteroatoms. The third-order valence-corrected chi connectivity index (χ3v) is 13.9. The van der Waals surface area contributed by atoms with Crippen LogP contribution in [-0.2, 0) is 13.9 Å². The Morgan fingerprint density at radius 3 is 2.46 bits per heavy atom. The lowest BCUT2D eigenvalue weighted by molar-refractivity contribution is 0.00442. The third-order valence-electron chi connectivity index (χ3n) is 9.37. The van der Waals surface area contributed by atoms with Crippen molar-refractivity contribution in [2.45, 2.75) is 98.2 Å². The van der Waals surface area contributed by atoms with Crippen LogP contribution in [0.5, 0.6) is 5.75 Å². The molecular weight excluding hydrogens is 685 g/mol. The molecule has 3 heterocycles. The van der Waals surface area contributed by atoms with Crippen LogP contribution in [0.1, 0.15) is 58.6 Å². The van der Waals surface area contributed by atoms with Crippen LogP contribution in [-0.4, -0.2) is 115 Å². The van der Waals surface area contributed by atoms with Crippen molar-refractivity contribution in [3.05, 3.63) is 41.3 Å². The van der Waals surface area contributed by atoms with E-state index in [-0.39, 0.29) is 30.8 Å². The van der Waals surface area contributed by atoms with Crippen LogP contribution in [0.3, 0.4) is 0 Å². The summed E-state index contributed by atoms with van der Waals surface area (Å²) in [5, 5.41) is 17.2. The first-order valence-corrected chi connectivity index (χ1v) is 20.6. The Morgan fingerprint density at radius 1 is 1.13 bits per heavy atom. The lowest BCUT2D eigenvalue weighted by atomic mass is 10.0. The zero-order valence-corrected chi connectivity index (χ0v) is 33.7. The van der Waals surface area contributed by atoms with Crippen LogP contribution in [0.2, 0.25) is 18.1 Å². The number of aryl methyl sites for hydroxylation is 2. The Kier molecular flexibility index (Phi) is 12.6. The number of ether oxygens (including phenoxy) is 3. The van der Waals surface area contributed by atoms with Gasteiger partial charge in [-0.25, -0.2) is 19.6 Å². The van der Waals surface area contributed by atoms with Crippen molar-refractivity contribution in [2.75, 3.05) is 51.8 Å². The van der Waals surface area contributed by atoms with Crippen molar-refractivity contribution >= 4 is 26.3 Å². The number of benzene rings is 1. The van der Waals surface area contributed by atoms with E-state index >= 15 is 0 Å². The second kappa shape index (κ2) is 16.2. The van der Waals surface area contributed by atoms with Crippen molar-refractivity contribution in [3.63, 3.8) is 0 Å². The Balaban J connectivity index is 1.64. The monoisotopic (exact) mass is 740 g/mol. The Bertz CT molecular complexity index is 1700. The third kappa shape index (κ3) is 10.2. The molecule has 0 radical (unpaired) electrons. The molecule has 52 heavy (non-hydrogen) atoms. The van der Waals surface area contributed by atoms with Gasteiger partial charge in [-0.3, -0.25) is 4.90 Å². The number of nitrogens with one attached hydrogen (secondary N) is 1. The van der Waals surface area contributed by atoms with Crippen molar-refractivity contribution < 1.29 is 37.9 Å². The zero-order valence-electron chi connectivity index (χ0n) is 32.7. The molecule has 0 bridgehead atoms. The van der Waals surface area contributed by atoms with E-state index in [4.69, 9.17) is 33.1 Å². The smallest absolute Gasteiger partial charge is 0.410 e. The summed E-state index contributed by atoms with van der Waals surface area (Å²) in [5.41, 5.74) is 2.95. The summed E-state index contributed by atoms with van der Waals surface area (Å²) in [6.07, 6.45) is -1.84. The van der Waals surface area contributed by atoms with E-state index in [0.29, 0.717) is 59.8 Å². The first kappa shape index (κ1) is 40.6.